The third kappa shape index (κ3) is 5.85. The normalized spacial score (nSPS) is 24.5. The van der Waals surface area contributed by atoms with Crippen LogP contribution in [0.4, 0.5) is 0 Å². The van der Waals surface area contributed by atoms with Gasteiger partial charge >= 0.3 is 0 Å². The minimum absolute atomic E-state index is 0.0642. The standard InChI is InChI=1S/C33H42N2O2/c1-4-24-13-15-30-28(21-24)32(29-22-25(5-2)14-16-31(29)37-30)33(36)34-27-17-19-35(3,20-18-27)23-26-11-9-7-6-8-10-12-26/h4-5,13-16,21-22,26-27,32H,1-2,6-12,17-20,23H2,3H3/p+1. The van der Waals surface area contributed by atoms with Gasteiger partial charge in [-0.05, 0) is 48.2 Å². The molecule has 2 aliphatic heterocycles. The molecule has 4 heteroatoms. The zero-order valence-corrected chi connectivity index (χ0v) is 22.5. The van der Waals surface area contributed by atoms with E-state index in [1.807, 2.05) is 48.6 Å². The highest BCUT2D eigenvalue weighted by Crippen LogP contribution is 2.45. The molecule has 2 aromatic carbocycles. The summed E-state index contributed by atoms with van der Waals surface area (Å²) in [6, 6.07) is 12.2. The maximum Gasteiger partial charge on any atom is 0.232 e. The van der Waals surface area contributed by atoms with Crippen LogP contribution >= 0.6 is 0 Å². The molecule has 4 nitrogen and oxygen atoms in total. The van der Waals surface area contributed by atoms with Gasteiger partial charge < -0.3 is 14.5 Å². The predicted octanol–water partition coefficient (Wildman–Crippen LogP) is 7.30. The second kappa shape index (κ2) is 11.3. The first-order chi connectivity index (χ1) is 18.0. The minimum Gasteiger partial charge on any atom is -0.457 e. The van der Waals surface area contributed by atoms with Crippen LogP contribution in [0.5, 0.6) is 11.5 Å². The Hall–Kier alpha value is -2.85. The molecule has 196 valence electrons. The van der Waals surface area contributed by atoms with Crippen molar-refractivity contribution in [2.45, 2.75) is 69.7 Å². The molecule has 1 saturated heterocycles. The first-order valence-corrected chi connectivity index (χ1v) is 14.3. The van der Waals surface area contributed by atoms with E-state index in [1.54, 1.807) is 0 Å². The lowest BCUT2D eigenvalue weighted by Gasteiger charge is -2.43. The quantitative estimate of drug-likeness (QED) is 0.424. The Bertz CT molecular complexity index is 1080. The number of piperidine rings is 1. The number of nitrogens with one attached hydrogen (secondary N) is 1. The average Bonchev–Trinajstić information content (AvgIpc) is 2.89. The van der Waals surface area contributed by atoms with Crippen LogP contribution in [0, 0.1) is 5.92 Å². The molecule has 2 heterocycles. The second-order valence-electron chi connectivity index (χ2n) is 11.8. The number of fused-ring (bicyclic) bond motifs is 2. The van der Waals surface area contributed by atoms with Gasteiger partial charge in [0.2, 0.25) is 5.91 Å². The smallest absolute Gasteiger partial charge is 0.232 e. The molecule has 1 aliphatic carbocycles. The van der Waals surface area contributed by atoms with Gasteiger partial charge in [-0.2, -0.15) is 0 Å². The maximum atomic E-state index is 13.9. The Morgan fingerprint density at radius 2 is 1.43 bits per heavy atom. The van der Waals surface area contributed by atoms with Gasteiger partial charge in [0.15, 0.2) is 0 Å². The van der Waals surface area contributed by atoms with Gasteiger partial charge in [-0.1, -0.05) is 69.5 Å². The predicted molar refractivity (Wildman–Crippen MR) is 153 cm³/mol. The molecule has 0 radical (unpaired) electrons. The van der Waals surface area contributed by atoms with Crippen LogP contribution in [0.1, 0.15) is 86.0 Å². The second-order valence-corrected chi connectivity index (χ2v) is 11.8. The third-order valence-electron chi connectivity index (χ3n) is 8.95. The molecule has 0 unspecified atom stereocenters. The number of benzene rings is 2. The van der Waals surface area contributed by atoms with E-state index in [4.69, 9.17) is 4.74 Å². The van der Waals surface area contributed by atoms with Crippen molar-refractivity contribution >= 4 is 18.1 Å². The van der Waals surface area contributed by atoms with Crippen molar-refractivity contribution in [2.24, 2.45) is 5.92 Å². The molecular formula is C33H43N2O2+. The van der Waals surface area contributed by atoms with E-state index < -0.39 is 5.92 Å². The fourth-order valence-corrected chi connectivity index (χ4v) is 6.74. The van der Waals surface area contributed by atoms with Crippen molar-refractivity contribution in [2.75, 3.05) is 26.7 Å². The van der Waals surface area contributed by atoms with Crippen LogP contribution in [0.2, 0.25) is 0 Å². The largest absolute Gasteiger partial charge is 0.457 e. The van der Waals surface area contributed by atoms with Crippen LogP contribution < -0.4 is 10.1 Å². The highest BCUT2D eigenvalue weighted by atomic mass is 16.5. The Morgan fingerprint density at radius 1 is 0.892 bits per heavy atom. The molecule has 0 atom stereocenters. The molecule has 5 rings (SSSR count). The summed E-state index contributed by atoms with van der Waals surface area (Å²) < 4.78 is 7.37. The molecule has 0 spiro atoms. The Balaban J connectivity index is 1.29. The summed E-state index contributed by atoms with van der Waals surface area (Å²) >= 11 is 0. The molecule has 0 aromatic heterocycles. The zero-order chi connectivity index (χ0) is 25.8. The molecule has 1 amide bonds. The SMILES string of the molecule is C=Cc1ccc2c(c1)C(C(=O)NC1CC[N+](C)(CC3CCCCCCC3)CC1)c1cc(C=C)ccc1O2. The van der Waals surface area contributed by atoms with E-state index in [0.29, 0.717) is 0 Å². The summed E-state index contributed by atoms with van der Waals surface area (Å²) in [7, 11) is 2.44. The van der Waals surface area contributed by atoms with Crippen LogP contribution in [-0.2, 0) is 4.79 Å². The number of nitrogens with zero attached hydrogens (tertiary/aromatic N) is 1. The van der Waals surface area contributed by atoms with Crippen molar-refractivity contribution in [1.29, 1.82) is 0 Å². The first kappa shape index (κ1) is 25.8. The fourth-order valence-electron chi connectivity index (χ4n) is 6.74. The summed E-state index contributed by atoms with van der Waals surface area (Å²) in [5.74, 6) is 2.02. The Labute approximate surface area is 223 Å². The van der Waals surface area contributed by atoms with Crippen molar-refractivity contribution in [3.05, 3.63) is 71.8 Å². The molecule has 3 aliphatic rings. The summed E-state index contributed by atoms with van der Waals surface area (Å²) in [5.41, 5.74) is 3.79. The van der Waals surface area contributed by atoms with E-state index in [-0.39, 0.29) is 11.9 Å². The molecule has 37 heavy (non-hydrogen) atoms. The molecule has 2 fully saturated rings. The zero-order valence-electron chi connectivity index (χ0n) is 22.5. The molecule has 1 N–H and O–H groups in total. The fraction of sp³-hybridized carbons (Fsp3) is 0.485. The third-order valence-corrected chi connectivity index (χ3v) is 8.95. The van der Waals surface area contributed by atoms with Gasteiger partial charge in [0.1, 0.15) is 11.5 Å². The Kier molecular flexibility index (Phi) is 7.85. The molecule has 1 saturated carbocycles. The van der Waals surface area contributed by atoms with E-state index in [2.05, 4.69) is 25.5 Å². The number of amides is 1. The van der Waals surface area contributed by atoms with Gasteiger partial charge in [-0.15, -0.1) is 0 Å². The number of ether oxygens (including phenoxy) is 1. The van der Waals surface area contributed by atoms with Crippen LogP contribution in [0.3, 0.4) is 0 Å². The number of quaternary nitrogens is 1. The van der Waals surface area contributed by atoms with E-state index in [0.717, 1.165) is 70.1 Å². The summed E-state index contributed by atoms with van der Waals surface area (Å²) in [4.78, 5) is 13.9. The number of hydrogen-bond donors (Lipinski definition) is 1. The van der Waals surface area contributed by atoms with E-state index in [1.165, 1.54) is 51.5 Å². The number of likely N-dealkylation sites (tertiary alicyclic amines) is 1. The topological polar surface area (TPSA) is 38.3 Å². The van der Waals surface area contributed by atoms with Gasteiger partial charge in [-0.25, -0.2) is 0 Å². The number of carbonyl (C=O) groups excluding carboxylic acids is 1. The van der Waals surface area contributed by atoms with Crippen molar-refractivity contribution < 1.29 is 14.0 Å². The lowest BCUT2D eigenvalue weighted by molar-refractivity contribution is -0.917. The van der Waals surface area contributed by atoms with Crippen LogP contribution in [-0.4, -0.2) is 43.1 Å². The molecule has 2 aromatic rings. The van der Waals surface area contributed by atoms with Gasteiger partial charge in [0, 0.05) is 35.9 Å². The maximum absolute atomic E-state index is 13.9. The molecular weight excluding hydrogens is 456 g/mol. The lowest BCUT2D eigenvalue weighted by atomic mass is 9.85. The van der Waals surface area contributed by atoms with E-state index in [9.17, 15) is 4.79 Å². The summed E-state index contributed by atoms with van der Waals surface area (Å²) in [6.45, 7) is 11.4. The average molecular weight is 500 g/mol. The van der Waals surface area contributed by atoms with Crippen LogP contribution in [0.15, 0.2) is 49.6 Å². The summed E-state index contributed by atoms with van der Waals surface area (Å²) in [6.07, 6.45) is 15.6. The first-order valence-electron chi connectivity index (χ1n) is 14.3. The highest BCUT2D eigenvalue weighted by molar-refractivity contribution is 5.90. The van der Waals surface area contributed by atoms with Crippen molar-refractivity contribution in [3.63, 3.8) is 0 Å². The van der Waals surface area contributed by atoms with Crippen molar-refractivity contribution in [3.8, 4) is 11.5 Å². The van der Waals surface area contributed by atoms with Crippen LogP contribution in [0.25, 0.3) is 12.2 Å². The minimum atomic E-state index is -0.406. The highest BCUT2D eigenvalue weighted by Gasteiger charge is 2.37. The Morgan fingerprint density at radius 3 is 1.97 bits per heavy atom. The van der Waals surface area contributed by atoms with Gasteiger partial charge in [0.05, 0.1) is 32.6 Å². The number of rotatable bonds is 6. The summed E-state index contributed by atoms with van der Waals surface area (Å²) in [5, 5.41) is 3.45. The van der Waals surface area contributed by atoms with E-state index >= 15 is 0 Å². The lowest BCUT2D eigenvalue weighted by Crippen LogP contribution is -2.56. The monoisotopic (exact) mass is 499 g/mol. The number of hydrogen-bond acceptors (Lipinski definition) is 2. The van der Waals surface area contributed by atoms with Gasteiger partial charge in [0.25, 0.3) is 0 Å². The molecule has 0 bridgehead atoms. The van der Waals surface area contributed by atoms with Gasteiger partial charge in [-0.3, -0.25) is 4.79 Å². The van der Waals surface area contributed by atoms with Crippen molar-refractivity contribution in [1.82, 2.24) is 5.32 Å². The number of carbonyl (C=O) groups is 1.